The molecule has 1 heterocycles. The van der Waals surface area contributed by atoms with Crippen LogP contribution >= 0.6 is 0 Å². The standard InChI is InChI=1S/C20H23N3O2.C12H19NO.C8H4N2O.C4H8O/c1-12(24)18-15-6-14-7-16(18)10-20(8-14,9-15)23-19(25)22-17-4-2-13(11-21)3-5-17;1-7(14)11-9-2-8-3-10(11)6-12(13,4-8)5-9;1-9-7-2-4-8(5-3-7)10-6-11;1-2-4-5-3-1/h2-5,14-16,18H,6-10H2,1H3,(H2,22,23,25);8-11H,2-6,13H2,1H3;2-5H;1-4H2. The van der Waals surface area contributed by atoms with E-state index in [0.717, 1.165) is 64.1 Å². The first-order valence-corrected chi connectivity index (χ1v) is 19.9. The number of nitriles is 1. The van der Waals surface area contributed by atoms with Gasteiger partial charge in [0.25, 0.3) is 0 Å². The molecule has 0 spiro atoms. The first-order valence-electron chi connectivity index (χ1n) is 19.9. The van der Waals surface area contributed by atoms with E-state index in [1.807, 2.05) is 0 Å². The zero-order valence-corrected chi connectivity index (χ0v) is 32.1. The van der Waals surface area contributed by atoms with Gasteiger partial charge in [0.15, 0.2) is 5.69 Å². The Morgan fingerprint density at radius 1 is 0.818 bits per heavy atom. The van der Waals surface area contributed by atoms with Crippen molar-refractivity contribution in [2.75, 3.05) is 18.5 Å². The lowest BCUT2D eigenvalue weighted by Crippen LogP contribution is -2.63. The molecule has 8 aliphatic carbocycles. The summed E-state index contributed by atoms with van der Waals surface area (Å²) in [5.41, 5.74) is 8.64. The van der Waals surface area contributed by atoms with E-state index in [1.54, 1.807) is 62.4 Å². The maximum absolute atomic E-state index is 12.5. The number of anilines is 1. The van der Waals surface area contributed by atoms with Gasteiger partial charge in [-0.15, -0.1) is 0 Å². The highest BCUT2D eigenvalue weighted by Gasteiger charge is 2.57. The van der Waals surface area contributed by atoms with Gasteiger partial charge in [-0.1, -0.05) is 12.1 Å². The van der Waals surface area contributed by atoms with Crippen LogP contribution in [-0.2, 0) is 19.1 Å². The van der Waals surface area contributed by atoms with Crippen LogP contribution in [0.25, 0.3) is 4.85 Å². The lowest BCUT2D eigenvalue weighted by molar-refractivity contribution is -0.136. The minimum absolute atomic E-state index is 0.114. The number of urea groups is 1. The molecule has 11 nitrogen and oxygen atoms in total. The number of carbonyl (C=O) groups is 3. The average Bonchev–Trinajstić information content (AvgIpc) is 3.72. The Labute approximate surface area is 324 Å². The number of aliphatic imine (C=N–C) groups is 1. The number of nitrogens with two attached hydrogens (primary N) is 1. The molecular formula is C44H54N6O5. The summed E-state index contributed by atoms with van der Waals surface area (Å²) >= 11 is 0. The van der Waals surface area contributed by atoms with Crippen LogP contribution in [0, 0.1) is 65.2 Å². The van der Waals surface area contributed by atoms with Gasteiger partial charge in [0.05, 0.1) is 23.9 Å². The molecule has 2 aromatic carbocycles. The van der Waals surface area contributed by atoms with Crippen LogP contribution in [0.5, 0.6) is 0 Å². The van der Waals surface area contributed by atoms with Gasteiger partial charge in [-0.3, -0.25) is 9.59 Å². The molecule has 0 radical (unpaired) electrons. The van der Waals surface area contributed by atoms with Gasteiger partial charge in [0.2, 0.25) is 6.08 Å². The summed E-state index contributed by atoms with van der Waals surface area (Å²) < 4.78 is 4.94. The third-order valence-electron chi connectivity index (χ3n) is 13.2. The number of nitrogens with one attached hydrogen (secondary N) is 2. The highest BCUT2D eigenvalue weighted by atomic mass is 16.5. The maximum atomic E-state index is 12.5. The van der Waals surface area contributed by atoms with Crippen molar-refractivity contribution in [3.8, 4) is 6.07 Å². The normalized spacial score (nSPS) is 33.7. The Morgan fingerprint density at radius 2 is 1.35 bits per heavy atom. The third-order valence-corrected chi connectivity index (χ3v) is 13.2. The fraction of sp³-hybridized carbons (Fsp3) is 0.591. The van der Waals surface area contributed by atoms with Crippen LogP contribution < -0.4 is 16.4 Å². The molecule has 11 rings (SSSR count). The van der Waals surface area contributed by atoms with Gasteiger partial charge in [0.1, 0.15) is 11.6 Å². The summed E-state index contributed by atoms with van der Waals surface area (Å²) in [6.07, 6.45) is 15.1. The molecule has 0 aromatic heterocycles. The molecule has 2 aromatic rings. The largest absolute Gasteiger partial charge is 0.381 e. The lowest BCUT2D eigenvalue weighted by atomic mass is 9.48. The maximum Gasteiger partial charge on any atom is 0.319 e. The molecule has 4 unspecified atom stereocenters. The number of hydrogen-bond acceptors (Lipinski definition) is 8. The number of isocyanates is 1. The van der Waals surface area contributed by atoms with Crippen molar-refractivity contribution in [1.82, 2.24) is 5.32 Å². The highest BCUT2D eigenvalue weighted by molar-refractivity contribution is 5.90. The minimum Gasteiger partial charge on any atom is -0.381 e. The second-order valence-electron chi connectivity index (χ2n) is 17.3. The number of Topliss-reactive ketones (excluding diaryl/α,β-unsaturated/α-hetero) is 2. The average molecular weight is 747 g/mol. The Morgan fingerprint density at radius 3 is 1.78 bits per heavy atom. The van der Waals surface area contributed by atoms with Crippen molar-refractivity contribution in [2.45, 2.75) is 102 Å². The number of nitrogens with zero attached hydrogens (tertiary/aromatic N) is 3. The smallest absolute Gasteiger partial charge is 0.319 e. The first-order chi connectivity index (χ1) is 26.4. The number of ketones is 2. The molecule has 9 aliphatic rings. The van der Waals surface area contributed by atoms with Crippen molar-refractivity contribution >= 4 is 40.7 Å². The fourth-order valence-electron chi connectivity index (χ4n) is 11.8. The van der Waals surface area contributed by atoms with Gasteiger partial charge in [-0.25, -0.2) is 14.4 Å². The van der Waals surface area contributed by atoms with E-state index in [1.165, 1.54) is 38.2 Å². The van der Waals surface area contributed by atoms with Crippen LogP contribution in [0.4, 0.5) is 21.9 Å². The van der Waals surface area contributed by atoms with Crippen molar-refractivity contribution in [1.29, 1.82) is 5.26 Å². The topological polar surface area (TPSA) is 168 Å². The fourth-order valence-corrected chi connectivity index (χ4v) is 11.8. The summed E-state index contributed by atoms with van der Waals surface area (Å²) in [6, 6.07) is 15.1. The van der Waals surface area contributed by atoms with Crippen LogP contribution in [-0.4, -0.2) is 48.0 Å². The molecule has 8 saturated carbocycles. The van der Waals surface area contributed by atoms with Gasteiger partial charge in [0, 0.05) is 41.8 Å². The molecule has 9 fully saturated rings. The number of hydrogen-bond donors (Lipinski definition) is 3. The summed E-state index contributed by atoms with van der Waals surface area (Å²) in [6.45, 7) is 12.1. The zero-order chi connectivity index (χ0) is 39.2. The number of ether oxygens (including phenoxy) is 1. The predicted octanol–water partition coefficient (Wildman–Crippen LogP) is 8.19. The Kier molecular flexibility index (Phi) is 12.7. The number of benzene rings is 2. The molecule has 290 valence electrons. The molecular weight excluding hydrogens is 693 g/mol. The van der Waals surface area contributed by atoms with E-state index in [4.69, 9.17) is 22.3 Å². The van der Waals surface area contributed by atoms with Crippen LogP contribution in [0.2, 0.25) is 0 Å². The minimum atomic E-state index is -0.189. The molecule has 4 N–H and O–H groups in total. The SMILES string of the molecule is C1CCOC1.CC(=O)C1C2CC3CC1CC(N)(C3)C2.CC(=O)C1C2CC3CC1CC(NC(=O)Nc1ccc(C#N)cc1)(C3)C2.[C-]#[N+]c1ccc(N=C=O)cc1. The van der Waals surface area contributed by atoms with E-state index < -0.39 is 0 Å². The molecule has 1 saturated heterocycles. The number of rotatable bonds is 5. The summed E-state index contributed by atoms with van der Waals surface area (Å²) in [4.78, 5) is 52.5. The van der Waals surface area contributed by atoms with E-state index in [-0.39, 0.29) is 23.0 Å². The van der Waals surface area contributed by atoms with Crippen LogP contribution in [0.3, 0.4) is 0 Å². The molecule has 2 amide bonds. The van der Waals surface area contributed by atoms with E-state index in [9.17, 15) is 19.2 Å². The van der Waals surface area contributed by atoms with Gasteiger partial charge in [-0.2, -0.15) is 10.3 Å². The second kappa shape index (κ2) is 17.4. The molecule has 11 heteroatoms. The first kappa shape index (κ1) is 40.0. The van der Waals surface area contributed by atoms with Crippen molar-refractivity contribution in [2.24, 2.45) is 58.1 Å². The van der Waals surface area contributed by atoms with Gasteiger partial charge in [-0.05, 0) is 163 Å². The quantitative estimate of drug-likeness (QED) is 0.157. The number of carbonyl (C=O) groups excluding carboxylic acids is 4. The highest BCUT2D eigenvalue weighted by Crippen LogP contribution is 2.59. The predicted molar refractivity (Wildman–Crippen MR) is 209 cm³/mol. The van der Waals surface area contributed by atoms with E-state index in [2.05, 4.69) is 26.5 Å². The van der Waals surface area contributed by atoms with Crippen LogP contribution in [0.15, 0.2) is 53.5 Å². The molecule has 4 atom stereocenters. The summed E-state index contributed by atoms with van der Waals surface area (Å²) in [5, 5.41) is 15.0. The Balaban J connectivity index is 0.000000143. The van der Waals surface area contributed by atoms with Gasteiger partial charge >= 0.3 is 6.03 Å². The Bertz CT molecular complexity index is 1800. The molecule has 8 bridgehead atoms. The van der Waals surface area contributed by atoms with E-state index >= 15 is 0 Å². The van der Waals surface area contributed by atoms with Crippen LogP contribution in [0.1, 0.15) is 96.5 Å². The van der Waals surface area contributed by atoms with E-state index in [0.29, 0.717) is 69.7 Å². The number of amides is 2. The second-order valence-corrected chi connectivity index (χ2v) is 17.3. The zero-order valence-electron chi connectivity index (χ0n) is 32.1. The Hall–Kier alpha value is -4.67. The van der Waals surface area contributed by atoms with Crippen molar-refractivity contribution < 1.29 is 23.9 Å². The lowest BCUT2D eigenvalue weighted by Gasteiger charge is -2.59. The third kappa shape index (κ3) is 9.77. The van der Waals surface area contributed by atoms with Crippen molar-refractivity contribution in [3.05, 3.63) is 65.5 Å². The molecule has 55 heavy (non-hydrogen) atoms. The monoisotopic (exact) mass is 746 g/mol. The summed E-state index contributed by atoms with van der Waals surface area (Å²) in [7, 11) is 0. The summed E-state index contributed by atoms with van der Waals surface area (Å²) in [5.74, 6) is 4.91. The molecule has 1 aliphatic heterocycles. The van der Waals surface area contributed by atoms with Gasteiger partial charge < -0.3 is 21.1 Å². The van der Waals surface area contributed by atoms with Crippen molar-refractivity contribution in [3.63, 3.8) is 0 Å².